The maximum atomic E-state index is 2.42. The van der Waals surface area contributed by atoms with Gasteiger partial charge >= 0.3 is 95.7 Å². The van der Waals surface area contributed by atoms with Crippen LogP contribution >= 0.6 is 0 Å². The molecule has 0 saturated heterocycles. The zero-order valence-electron chi connectivity index (χ0n) is 9.80. The van der Waals surface area contributed by atoms with Crippen LogP contribution < -0.4 is 3.58 Å². The molecule has 0 aliphatic carbocycles. The molecule has 0 spiro atoms. The molecule has 0 amide bonds. The van der Waals surface area contributed by atoms with Crippen molar-refractivity contribution >= 4 is 23.3 Å². The number of rotatable bonds is 3. The minimum atomic E-state index is -1.39. The van der Waals surface area contributed by atoms with Crippen LogP contribution in [0.3, 0.4) is 0 Å². The van der Waals surface area contributed by atoms with Crippen molar-refractivity contribution in [3.8, 4) is 0 Å². The first kappa shape index (κ1) is 12.1. The first-order valence-corrected chi connectivity index (χ1v) is 10.3. The average Bonchev–Trinajstić information content (AvgIpc) is 2.14. The molecule has 0 atom stereocenters. The summed E-state index contributed by atoms with van der Waals surface area (Å²) in [4.78, 5) is 0. The molecule has 1 rings (SSSR count). The standard InChI is InChI=1S/C6H5.C4H9.C3H7.Sn/c1-2-4-6-5-3-1;1-4(2)3;1-3-2;/h1-5H;1-3H3;1,3H2,2H3;. The van der Waals surface area contributed by atoms with Crippen molar-refractivity contribution in [1.29, 1.82) is 0 Å². The molecule has 1 heteroatoms. The summed E-state index contributed by atoms with van der Waals surface area (Å²) >= 11 is -1.39. The third kappa shape index (κ3) is 3.30. The molecule has 0 saturated carbocycles. The summed E-state index contributed by atoms with van der Waals surface area (Å²) in [6, 6.07) is 11.2. The summed E-state index contributed by atoms with van der Waals surface area (Å²) in [5.74, 6) is 0. The van der Waals surface area contributed by atoms with Crippen molar-refractivity contribution in [3.05, 3.63) is 30.3 Å². The first-order valence-electron chi connectivity index (χ1n) is 5.47. The number of benzene rings is 1. The third-order valence-electron chi connectivity index (χ3n) is 2.53. The monoisotopic (exact) mass is 297 g/mol. The van der Waals surface area contributed by atoms with E-state index in [0.717, 1.165) is 0 Å². The Balaban J connectivity index is 2.89. The van der Waals surface area contributed by atoms with Crippen LogP contribution in [0.15, 0.2) is 30.3 Å². The molecule has 1 aromatic rings. The van der Waals surface area contributed by atoms with Gasteiger partial charge in [-0.1, -0.05) is 0 Å². The van der Waals surface area contributed by atoms with Gasteiger partial charge in [-0.05, 0) is 0 Å². The van der Waals surface area contributed by atoms with Crippen LogP contribution in [0.4, 0.5) is 0 Å². The molecule has 0 unspecified atom stereocenters. The molecule has 1 aromatic carbocycles. The van der Waals surface area contributed by atoms with Gasteiger partial charge in [0.25, 0.3) is 0 Å². The number of hydrogen-bond donors (Lipinski definition) is 0. The summed E-state index contributed by atoms with van der Waals surface area (Å²) in [6.45, 7) is 9.58. The molecule has 1 radical (unpaired) electrons. The second kappa shape index (κ2) is 5.20. The van der Waals surface area contributed by atoms with Gasteiger partial charge in [0.15, 0.2) is 0 Å². The molecule has 0 heterocycles. The molecule has 0 fully saturated rings. The topological polar surface area (TPSA) is 0 Å². The normalized spacial score (nSPS) is 12.1. The minimum absolute atomic E-state index is 0.569. The van der Waals surface area contributed by atoms with Crippen molar-refractivity contribution in [1.82, 2.24) is 0 Å². The van der Waals surface area contributed by atoms with Crippen LogP contribution in [0.2, 0.25) is 7.87 Å². The Morgan fingerprint density at radius 2 is 1.64 bits per heavy atom. The van der Waals surface area contributed by atoms with Gasteiger partial charge in [0, 0.05) is 0 Å². The molecule has 0 bridgehead atoms. The Hall–Kier alpha value is 0.0187. The van der Waals surface area contributed by atoms with Gasteiger partial charge in [-0.3, -0.25) is 0 Å². The van der Waals surface area contributed by atoms with E-state index in [1.165, 1.54) is 10.9 Å². The number of hydrogen-bond acceptors (Lipinski definition) is 0. The van der Waals surface area contributed by atoms with E-state index in [-0.39, 0.29) is 0 Å². The summed E-state index contributed by atoms with van der Waals surface area (Å²) < 4.78 is 3.74. The fourth-order valence-electron chi connectivity index (χ4n) is 1.84. The van der Waals surface area contributed by atoms with Crippen molar-refractivity contribution in [2.24, 2.45) is 0 Å². The van der Waals surface area contributed by atoms with Gasteiger partial charge in [-0.15, -0.1) is 0 Å². The van der Waals surface area contributed by atoms with Crippen molar-refractivity contribution in [2.45, 2.75) is 42.0 Å². The van der Waals surface area contributed by atoms with Crippen LogP contribution in [-0.4, -0.2) is 19.8 Å². The molecule has 0 aliphatic heterocycles. The van der Waals surface area contributed by atoms with Gasteiger partial charge in [0.1, 0.15) is 0 Å². The summed E-state index contributed by atoms with van der Waals surface area (Å²) in [7, 11) is 0. The van der Waals surface area contributed by atoms with E-state index in [0.29, 0.717) is 3.43 Å². The second-order valence-electron chi connectivity index (χ2n) is 4.84. The van der Waals surface area contributed by atoms with Gasteiger partial charge in [-0.25, -0.2) is 0 Å². The van der Waals surface area contributed by atoms with Crippen LogP contribution in [-0.2, 0) is 0 Å². The first-order chi connectivity index (χ1) is 6.55. The van der Waals surface area contributed by atoms with Crippen molar-refractivity contribution < 1.29 is 0 Å². The van der Waals surface area contributed by atoms with Crippen LogP contribution in [0.5, 0.6) is 0 Å². The average molecular weight is 296 g/mol. The van der Waals surface area contributed by atoms with Gasteiger partial charge in [0.05, 0.1) is 0 Å². The molecule has 77 valence electrons. The summed E-state index contributed by atoms with van der Waals surface area (Å²) in [5.41, 5.74) is 0. The molecule has 0 nitrogen and oxygen atoms in total. The molecule has 0 aliphatic rings. The van der Waals surface area contributed by atoms with Crippen LogP contribution in [0.25, 0.3) is 0 Å². The fourth-order valence-corrected chi connectivity index (χ4v) is 10.4. The molecular weight excluding hydrogens is 275 g/mol. The molecule has 0 N–H and O–H groups in total. The van der Waals surface area contributed by atoms with E-state index < -0.39 is 19.8 Å². The van der Waals surface area contributed by atoms with Crippen LogP contribution in [0, 0.1) is 0 Å². The predicted octanol–water partition coefficient (Wildman–Crippen LogP) is 3.60. The zero-order chi connectivity index (χ0) is 10.6. The fraction of sp³-hybridized carbons (Fsp3) is 0.538. The molecule has 14 heavy (non-hydrogen) atoms. The van der Waals surface area contributed by atoms with E-state index >= 15 is 0 Å². The van der Waals surface area contributed by atoms with E-state index in [1.54, 1.807) is 3.58 Å². The SMILES string of the molecule is CC[CH2][Sn]([c]1ccccc1)[C](C)(C)C. The van der Waals surface area contributed by atoms with E-state index in [4.69, 9.17) is 0 Å². The van der Waals surface area contributed by atoms with E-state index in [9.17, 15) is 0 Å². The maximum absolute atomic E-state index is 2.42. The van der Waals surface area contributed by atoms with E-state index in [2.05, 4.69) is 58.0 Å². The van der Waals surface area contributed by atoms with Gasteiger partial charge in [-0.2, -0.15) is 0 Å². The summed E-state index contributed by atoms with van der Waals surface area (Å²) in [6.07, 6.45) is 1.35. The summed E-state index contributed by atoms with van der Waals surface area (Å²) in [5, 5.41) is 0. The quantitative estimate of drug-likeness (QED) is 0.748. The molecule has 0 aromatic heterocycles. The van der Waals surface area contributed by atoms with Crippen LogP contribution in [0.1, 0.15) is 34.1 Å². The van der Waals surface area contributed by atoms with E-state index in [1.807, 2.05) is 0 Å². The predicted molar refractivity (Wildman–Crippen MR) is 66.6 cm³/mol. The molecular formula is C13H21Sn. The van der Waals surface area contributed by atoms with Gasteiger partial charge in [0.2, 0.25) is 0 Å². The Kier molecular flexibility index (Phi) is 4.49. The van der Waals surface area contributed by atoms with Crippen molar-refractivity contribution in [2.75, 3.05) is 0 Å². The third-order valence-corrected chi connectivity index (χ3v) is 13.5. The second-order valence-corrected chi connectivity index (χ2v) is 14.9. The Labute approximate surface area is 95.5 Å². The van der Waals surface area contributed by atoms with Crippen molar-refractivity contribution in [3.63, 3.8) is 0 Å². The Bertz CT molecular complexity index is 258. The zero-order valence-corrected chi connectivity index (χ0v) is 12.7. The Morgan fingerprint density at radius 3 is 2.07 bits per heavy atom. The van der Waals surface area contributed by atoms with Gasteiger partial charge < -0.3 is 0 Å². The Morgan fingerprint density at radius 1 is 1.07 bits per heavy atom.